The molecular formula is C7H9Cl3IN. The summed E-state index contributed by atoms with van der Waals surface area (Å²) in [5.74, 6) is 0.360. The lowest BCUT2D eigenvalue weighted by atomic mass is 10.2. The lowest BCUT2D eigenvalue weighted by molar-refractivity contribution is 1.40. The first-order chi connectivity index (χ1) is 4.75. The number of hydrogen-bond acceptors (Lipinski definition) is 1. The van der Waals surface area contributed by atoms with Gasteiger partial charge in [0.05, 0.1) is 5.88 Å². The molecule has 0 amide bonds. The van der Waals surface area contributed by atoms with Crippen LogP contribution in [0, 0.1) is 0 Å². The normalized spacial score (nSPS) is 8.25. The van der Waals surface area contributed by atoms with Crippen LogP contribution < -0.4 is 6.15 Å². The van der Waals surface area contributed by atoms with Crippen LogP contribution in [0.2, 0.25) is 10.0 Å². The summed E-state index contributed by atoms with van der Waals surface area (Å²) in [6, 6.07) is 5.33. The summed E-state index contributed by atoms with van der Waals surface area (Å²) < 4.78 is 0. The van der Waals surface area contributed by atoms with Gasteiger partial charge in [-0.3, -0.25) is 0 Å². The fourth-order valence-corrected chi connectivity index (χ4v) is 1.62. The van der Waals surface area contributed by atoms with Gasteiger partial charge in [0, 0.05) is 15.6 Å². The monoisotopic (exact) mass is 339 g/mol. The van der Waals surface area contributed by atoms with Crippen molar-refractivity contribution in [3.05, 3.63) is 33.8 Å². The second kappa shape index (κ2) is 7.21. The van der Waals surface area contributed by atoms with E-state index in [4.69, 9.17) is 34.8 Å². The Morgan fingerprint density at radius 2 is 1.50 bits per heavy atom. The molecule has 0 saturated heterocycles. The maximum Gasteiger partial charge on any atom is 0.0503 e. The highest BCUT2D eigenvalue weighted by Crippen LogP contribution is 2.25. The van der Waals surface area contributed by atoms with E-state index < -0.39 is 0 Å². The smallest absolute Gasteiger partial charge is 0.0503 e. The van der Waals surface area contributed by atoms with Crippen molar-refractivity contribution in [3.63, 3.8) is 0 Å². The van der Waals surface area contributed by atoms with Gasteiger partial charge in [-0.1, -0.05) is 29.3 Å². The zero-order valence-corrected chi connectivity index (χ0v) is 10.8. The Kier molecular flexibility index (Phi) is 9.17. The standard InChI is InChI=1S/C7H5Cl3.HI.H3N/c8-4-5-6(9)2-1-3-7(5)10;;/h1-3H,4H2;1H;1H3. The molecule has 12 heavy (non-hydrogen) atoms. The molecule has 5 heteroatoms. The Labute approximate surface area is 104 Å². The van der Waals surface area contributed by atoms with Gasteiger partial charge in [0.2, 0.25) is 0 Å². The van der Waals surface area contributed by atoms with E-state index in [1.807, 2.05) is 0 Å². The summed E-state index contributed by atoms with van der Waals surface area (Å²) in [5, 5.41) is 1.25. The molecule has 1 aromatic carbocycles. The Hall–Kier alpha value is 0.780. The molecule has 3 N–H and O–H groups in total. The van der Waals surface area contributed by atoms with Crippen LogP contribution >= 0.6 is 58.8 Å². The minimum absolute atomic E-state index is 0. The Morgan fingerprint density at radius 3 is 1.75 bits per heavy atom. The van der Waals surface area contributed by atoms with E-state index in [9.17, 15) is 0 Å². The molecule has 70 valence electrons. The molecule has 1 rings (SSSR count). The van der Waals surface area contributed by atoms with Gasteiger partial charge in [0.25, 0.3) is 0 Å². The highest BCUT2D eigenvalue weighted by Gasteiger charge is 2.01. The Balaban J connectivity index is 0. The molecule has 1 aromatic rings. The lowest BCUT2D eigenvalue weighted by Gasteiger charge is -2.00. The topological polar surface area (TPSA) is 35.0 Å². The molecule has 0 bridgehead atoms. The average Bonchev–Trinajstić information content (AvgIpc) is 1.88. The molecule has 0 atom stereocenters. The molecular weight excluding hydrogens is 331 g/mol. The fraction of sp³-hybridized carbons (Fsp3) is 0.143. The first kappa shape index (κ1) is 15.3. The van der Waals surface area contributed by atoms with Crippen molar-refractivity contribution in [2.45, 2.75) is 5.88 Å². The minimum Gasteiger partial charge on any atom is -0.344 e. The second-order valence-corrected chi connectivity index (χ2v) is 2.92. The number of halogens is 4. The van der Waals surface area contributed by atoms with Crippen LogP contribution in [-0.4, -0.2) is 0 Å². The van der Waals surface area contributed by atoms with E-state index in [2.05, 4.69) is 0 Å². The maximum absolute atomic E-state index is 5.76. The summed E-state index contributed by atoms with van der Waals surface area (Å²) >= 11 is 17.1. The first-order valence-electron chi connectivity index (χ1n) is 2.74. The van der Waals surface area contributed by atoms with Crippen molar-refractivity contribution in [2.24, 2.45) is 0 Å². The molecule has 0 aliphatic carbocycles. The molecule has 0 heterocycles. The predicted molar refractivity (Wildman–Crippen MR) is 66.5 cm³/mol. The molecule has 0 radical (unpaired) electrons. The number of rotatable bonds is 1. The van der Waals surface area contributed by atoms with Crippen LogP contribution in [0.3, 0.4) is 0 Å². The van der Waals surface area contributed by atoms with E-state index in [1.165, 1.54) is 0 Å². The molecule has 0 saturated carbocycles. The van der Waals surface area contributed by atoms with Gasteiger partial charge in [-0.05, 0) is 12.1 Å². The van der Waals surface area contributed by atoms with Crippen LogP contribution in [0.1, 0.15) is 5.56 Å². The van der Waals surface area contributed by atoms with E-state index in [0.29, 0.717) is 15.9 Å². The van der Waals surface area contributed by atoms with Crippen LogP contribution in [0.25, 0.3) is 0 Å². The van der Waals surface area contributed by atoms with Gasteiger partial charge in [-0.2, -0.15) is 0 Å². The Bertz CT molecular complexity index is 222. The average molecular weight is 340 g/mol. The largest absolute Gasteiger partial charge is 0.344 e. The SMILES string of the molecule is ClCc1c(Cl)cccc1Cl.I.N. The predicted octanol–water partition coefficient (Wildman–Crippen LogP) is 4.51. The van der Waals surface area contributed by atoms with E-state index in [0.717, 1.165) is 5.56 Å². The van der Waals surface area contributed by atoms with E-state index in [1.54, 1.807) is 18.2 Å². The third-order valence-electron chi connectivity index (χ3n) is 1.20. The summed E-state index contributed by atoms with van der Waals surface area (Å²) in [5.41, 5.74) is 0.799. The van der Waals surface area contributed by atoms with Gasteiger partial charge in [0.1, 0.15) is 0 Å². The van der Waals surface area contributed by atoms with Gasteiger partial charge in [0.15, 0.2) is 0 Å². The third kappa shape index (κ3) is 3.66. The molecule has 0 aromatic heterocycles. The van der Waals surface area contributed by atoms with Crippen molar-refractivity contribution in [3.8, 4) is 0 Å². The maximum atomic E-state index is 5.76. The molecule has 0 spiro atoms. The zero-order chi connectivity index (χ0) is 7.56. The minimum atomic E-state index is 0. The second-order valence-electron chi connectivity index (χ2n) is 1.83. The quantitative estimate of drug-likeness (QED) is 0.592. The molecule has 0 fully saturated rings. The van der Waals surface area contributed by atoms with Crippen LogP contribution in [0.4, 0.5) is 0 Å². The Morgan fingerprint density at radius 1 is 1.08 bits per heavy atom. The van der Waals surface area contributed by atoms with Crippen molar-refractivity contribution in [1.29, 1.82) is 0 Å². The molecule has 0 aliphatic heterocycles. The highest BCUT2D eigenvalue weighted by molar-refractivity contribution is 14.0. The summed E-state index contributed by atoms with van der Waals surface area (Å²) in [6.07, 6.45) is 0. The van der Waals surface area contributed by atoms with E-state index in [-0.39, 0.29) is 30.1 Å². The summed E-state index contributed by atoms with van der Waals surface area (Å²) in [4.78, 5) is 0. The molecule has 1 nitrogen and oxygen atoms in total. The summed E-state index contributed by atoms with van der Waals surface area (Å²) in [7, 11) is 0. The first-order valence-corrected chi connectivity index (χ1v) is 4.03. The van der Waals surface area contributed by atoms with Gasteiger partial charge in [-0.15, -0.1) is 35.6 Å². The van der Waals surface area contributed by atoms with Crippen LogP contribution in [0.5, 0.6) is 0 Å². The van der Waals surface area contributed by atoms with Crippen molar-refractivity contribution < 1.29 is 0 Å². The van der Waals surface area contributed by atoms with Crippen LogP contribution in [-0.2, 0) is 5.88 Å². The highest BCUT2D eigenvalue weighted by atomic mass is 127. The number of hydrogen-bond donors (Lipinski definition) is 1. The summed E-state index contributed by atoms with van der Waals surface area (Å²) in [6.45, 7) is 0. The number of benzene rings is 1. The lowest BCUT2D eigenvalue weighted by Crippen LogP contribution is -1.80. The van der Waals surface area contributed by atoms with Gasteiger partial charge in [-0.25, -0.2) is 0 Å². The van der Waals surface area contributed by atoms with Crippen molar-refractivity contribution in [1.82, 2.24) is 6.15 Å². The van der Waals surface area contributed by atoms with Gasteiger partial charge < -0.3 is 6.15 Å². The van der Waals surface area contributed by atoms with Gasteiger partial charge >= 0.3 is 0 Å². The van der Waals surface area contributed by atoms with E-state index >= 15 is 0 Å². The van der Waals surface area contributed by atoms with Crippen LogP contribution in [0.15, 0.2) is 18.2 Å². The third-order valence-corrected chi connectivity index (χ3v) is 2.17. The number of alkyl halides is 1. The zero-order valence-electron chi connectivity index (χ0n) is 6.19. The molecule has 0 aliphatic rings. The van der Waals surface area contributed by atoms with Crippen molar-refractivity contribution >= 4 is 58.8 Å². The fourth-order valence-electron chi connectivity index (χ4n) is 0.660. The molecule has 0 unspecified atom stereocenters. The van der Waals surface area contributed by atoms with Crippen molar-refractivity contribution in [2.75, 3.05) is 0 Å².